The lowest BCUT2D eigenvalue weighted by molar-refractivity contribution is -0.124. The predicted molar refractivity (Wildman–Crippen MR) is 94.3 cm³/mol. The number of carbonyl (C=O) groups excluding carboxylic acids is 1. The minimum Gasteiger partial charge on any atom is -0.355 e. The largest absolute Gasteiger partial charge is 0.355 e. The van der Waals surface area contributed by atoms with Crippen LogP contribution in [0.1, 0.15) is 51.0 Å². The minimum atomic E-state index is -0.108. The molecule has 22 heavy (non-hydrogen) atoms. The highest BCUT2D eigenvalue weighted by atomic mass is 35.5. The third-order valence-corrected chi connectivity index (χ3v) is 4.85. The molecule has 1 amide bonds. The molecule has 1 fully saturated rings. The summed E-state index contributed by atoms with van der Waals surface area (Å²) < 4.78 is 0. The fourth-order valence-corrected chi connectivity index (χ4v) is 3.30. The van der Waals surface area contributed by atoms with Gasteiger partial charge >= 0.3 is 0 Å². The molecule has 0 bridgehead atoms. The number of nitrogens with two attached hydrogens (primary N) is 1. The molecule has 1 unspecified atom stereocenters. The van der Waals surface area contributed by atoms with Crippen LogP contribution >= 0.6 is 12.4 Å². The van der Waals surface area contributed by atoms with Crippen LogP contribution in [-0.4, -0.2) is 19.0 Å². The van der Waals surface area contributed by atoms with Crippen LogP contribution in [0.4, 0.5) is 0 Å². The Kier molecular flexibility index (Phi) is 7.91. The van der Waals surface area contributed by atoms with Gasteiger partial charge < -0.3 is 11.1 Å². The Bertz CT molecular complexity index is 442. The second-order valence-corrected chi connectivity index (χ2v) is 6.42. The third kappa shape index (κ3) is 4.72. The van der Waals surface area contributed by atoms with Crippen molar-refractivity contribution in [3.63, 3.8) is 0 Å². The predicted octanol–water partition coefficient (Wildman–Crippen LogP) is 3.41. The highest BCUT2D eigenvalue weighted by Gasteiger charge is 2.33. The van der Waals surface area contributed by atoms with E-state index in [2.05, 4.69) is 35.6 Å². The van der Waals surface area contributed by atoms with Crippen molar-refractivity contribution >= 4 is 18.3 Å². The Morgan fingerprint density at radius 3 is 2.32 bits per heavy atom. The molecule has 1 saturated carbocycles. The molecule has 0 heterocycles. The first-order valence-corrected chi connectivity index (χ1v) is 8.21. The highest BCUT2D eigenvalue weighted by molar-refractivity contribution is 5.85. The lowest BCUT2D eigenvalue weighted by atomic mass is 9.74. The van der Waals surface area contributed by atoms with E-state index in [9.17, 15) is 4.79 Å². The van der Waals surface area contributed by atoms with Crippen molar-refractivity contribution in [2.24, 2.45) is 11.7 Å². The van der Waals surface area contributed by atoms with Crippen LogP contribution in [0, 0.1) is 5.92 Å². The van der Waals surface area contributed by atoms with E-state index in [1.807, 2.05) is 6.92 Å². The van der Waals surface area contributed by atoms with Crippen LogP contribution in [0.5, 0.6) is 0 Å². The lowest BCUT2D eigenvalue weighted by Gasteiger charge is -2.34. The molecule has 0 aliphatic heterocycles. The average Bonchev–Trinajstić information content (AvgIpc) is 2.79. The van der Waals surface area contributed by atoms with Crippen LogP contribution < -0.4 is 11.1 Å². The zero-order valence-electron chi connectivity index (χ0n) is 13.5. The van der Waals surface area contributed by atoms with E-state index in [-0.39, 0.29) is 29.6 Å². The average molecular weight is 325 g/mol. The molecule has 1 aliphatic carbocycles. The number of halogens is 1. The molecule has 1 atom stereocenters. The van der Waals surface area contributed by atoms with Gasteiger partial charge in [0.2, 0.25) is 5.91 Å². The molecule has 0 saturated heterocycles. The number of benzene rings is 1. The van der Waals surface area contributed by atoms with Crippen molar-refractivity contribution in [1.29, 1.82) is 0 Å². The summed E-state index contributed by atoms with van der Waals surface area (Å²) in [5, 5.41) is 3.15. The maximum absolute atomic E-state index is 12.1. The van der Waals surface area contributed by atoms with E-state index >= 15 is 0 Å². The quantitative estimate of drug-likeness (QED) is 0.815. The summed E-state index contributed by atoms with van der Waals surface area (Å²) in [5.41, 5.74) is 7.06. The van der Waals surface area contributed by atoms with Gasteiger partial charge in [-0.25, -0.2) is 0 Å². The molecule has 3 N–H and O–H groups in total. The Labute approximate surface area is 140 Å². The first kappa shape index (κ1) is 19.0. The molecule has 4 heteroatoms. The molecular weight excluding hydrogens is 296 g/mol. The van der Waals surface area contributed by atoms with Crippen LogP contribution in [0.3, 0.4) is 0 Å². The molecule has 124 valence electrons. The van der Waals surface area contributed by atoms with Crippen molar-refractivity contribution in [3.8, 4) is 0 Å². The van der Waals surface area contributed by atoms with Gasteiger partial charge in [0.25, 0.3) is 0 Å². The Morgan fingerprint density at radius 1 is 1.18 bits per heavy atom. The van der Waals surface area contributed by atoms with Crippen molar-refractivity contribution in [2.75, 3.05) is 13.1 Å². The highest BCUT2D eigenvalue weighted by Crippen LogP contribution is 2.37. The number of rotatable bonds is 5. The summed E-state index contributed by atoms with van der Waals surface area (Å²) in [7, 11) is 0. The Hall–Kier alpha value is -1.06. The number of hydrogen-bond acceptors (Lipinski definition) is 2. The molecule has 0 aromatic heterocycles. The van der Waals surface area contributed by atoms with Crippen molar-refractivity contribution in [3.05, 3.63) is 35.9 Å². The molecular formula is C18H29ClN2O. The van der Waals surface area contributed by atoms with Gasteiger partial charge in [-0.1, -0.05) is 62.9 Å². The van der Waals surface area contributed by atoms with Gasteiger partial charge in [-0.3, -0.25) is 4.79 Å². The zero-order valence-corrected chi connectivity index (χ0v) is 14.3. The molecule has 1 aromatic rings. The van der Waals surface area contributed by atoms with E-state index < -0.39 is 0 Å². The summed E-state index contributed by atoms with van der Waals surface area (Å²) in [4.78, 5) is 12.1. The van der Waals surface area contributed by atoms with Gasteiger partial charge in [0.15, 0.2) is 0 Å². The normalized spacial score (nSPS) is 18.6. The molecule has 2 rings (SSSR count). The lowest BCUT2D eigenvalue weighted by Crippen LogP contribution is -2.43. The van der Waals surface area contributed by atoms with Gasteiger partial charge in [0.05, 0.1) is 0 Å². The topological polar surface area (TPSA) is 55.1 Å². The summed E-state index contributed by atoms with van der Waals surface area (Å²) in [5.74, 6) is -0.0272. The first-order chi connectivity index (χ1) is 10.2. The molecule has 0 spiro atoms. The van der Waals surface area contributed by atoms with Crippen molar-refractivity contribution in [2.45, 2.75) is 50.9 Å². The number of carbonyl (C=O) groups is 1. The standard InChI is InChI=1S/C18H28N2O.ClH/c1-15(13-19)17(21)20-14-18(11-7-2-3-8-12-18)16-9-5-4-6-10-16;/h4-6,9-10,15H,2-3,7-8,11-14,19H2,1H3,(H,20,21);1H. The van der Waals surface area contributed by atoms with E-state index in [0.29, 0.717) is 6.54 Å². The van der Waals surface area contributed by atoms with E-state index in [1.165, 1.54) is 31.2 Å². The van der Waals surface area contributed by atoms with Crippen LogP contribution in [0.15, 0.2) is 30.3 Å². The van der Waals surface area contributed by atoms with Crippen LogP contribution in [0.25, 0.3) is 0 Å². The van der Waals surface area contributed by atoms with Gasteiger partial charge in [0.1, 0.15) is 0 Å². The van der Waals surface area contributed by atoms with Gasteiger partial charge in [-0.05, 0) is 18.4 Å². The summed E-state index contributed by atoms with van der Waals surface area (Å²) in [6.07, 6.45) is 7.43. The summed E-state index contributed by atoms with van der Waals surface area (Å²) >= 11 is 0. The molecule has 0 radical (unpaired) electrons. The summed E-state index contributed by atoms with van der Waals surface area (Å²) in [6, 6.07) is 10.7. The zero-order chi connectivity index (χ0) is 15.1. The fraction of sp³-hybridized carbons (Fsp3) is 0.611. The maximum Gasteiger partial charge on any atom is 0.224 e. The second kappa shape index (κ2) is 9.16. The fourth-order valence-electron chi connectivity index (χ4n) is 3.30. The Morgan fingerprint density at radius 2 is 1.77 bits per heavy atom. The van der Waals surface area contributed by atoms with Gasteiger partial charge in [-0.15, -0.1) is 12.4 Å². The van der Waals surface area contributed by atoms with E-state index in [4.69, 9.17) is 5.73 Å². The SMILES string of the molecule is CC(CN)C(=O)NCC1(c2ccccc2)CCCCCC1.Cl. The van der Waals surface area contributed by atoms with E-state index in [0.717, 1.165) is 19.4 Å². The monoisotopic (exact) mass is 324 g/mol. The molecule has 1 aliphatic rings. The number of nitrogens with one attached hydrogen (secondary N) is 1. The number of hydrogen-bond donors (Lipinski definition) is 2. The molecule has 3 nitrogen and oxygen atoms in total. The van der Waals surface area contributed by atoms with E-state index in [1.54, 1.807) is 0 Å². The maximum atomic E-state index is 12.1. The van der Waals surface area contributed by atoms with Gasteiger partial charge in [-0.2, -0.15) is 0 Å². The first-order valence-electron chi connectivity index (χ1n) is 8.21. The smallest absolute Gasteiger partial charge is 0.224 e. The van der Waals surface area contributed by atoms with Crippen molar-refractivity contribution < 1.29 is 4.79 Å². The van der Waals surface area contributed by atoms with Crippen LogP contribution in [0.2, 0.25) is 0 Å². The summed E-state index contributed by atoms with van der Waals surface area (Å²) in [6.45, 7) is 3.03. The Balaban J connectivity index is 0.00000242. The van der Waals surface area contributed by atoms with Crippen LogP contribution in [-0.2, 0) is 10.2 Å². The third-order valence-electron chi connectivity index (χ3n) is 4.85. The molecule has 1 aromatic carbocycles. The van der Waals surface area contributed by atoms with Crippen molar-refractivity contribution in [1.82, 2.24) is 5.32 Å². The second-order valence-electron chi connectivity index (χ2n) is 6.42. The minimum absolute atomic E-state index is 0. The van der Waals surface area contributed by atoms with Gasteiger partial charge in [0, 0.05) is 24.4 Å². The number of amides is 1.